The molecule has 0 spiro atoms. The largest absolute Gasteiger partial charge is 0.396 e. The Morgan fingerprint density at radius 3 is 2.60 bits per heavy atom. The zero-order valence-corrected chi connectivity index (χ0v) is 16.1. The number of hydrogen-bond acceptors (Lipinski definition) is 4. The van der Waals surface area contributed by atoms with Crippen molar-refractivity contribution in [2.45, 2.75) is 30.4 Å². The second-order valence-corrected chi connectivity index (χ2v) is 7.64. The Kier molecular flexibility index (Phi) is 8.58. The number of benzene rings is 1. The minimum absolute atomic E-state index is 0.0580. The molecule has 140 valence electrons. The van der Waals surface area contributed by atoms with Crippen molar-refractivity contribution in [2.75, 3.05) is 45.7 Å². The molecule has 5 nitrogen and oxygen atoms in total. The van der Waals surface area contributed by atoms with E-state index in [0.717, 1.165) is 50.7 Å². The number of thioether (sulfide) groups is 1. The molecular formula is C19H31N3O2S. The molecule has 0 radical (unpaired) electrons. The second-order valence-electron chi connectivity index (χ2n) is 6.37. The number of aliphatic hydroxyl groups excluding tert-OH is 1. The predicted molar refractivity (Wildman–Crippen MR) is 107 cm³/mol. The minimum Gasteiger partial charge on any atom is -0.396 e. The summed E-state index contributed by atoms with van der Waals surface area (Å²) in [6.07, 6.45) is 4.25. The van der Waals surface area contributed by atoms with E-state index in [2.05, 4.69) is 35.9 Å². The quantitative estimate of drug-likeness (QED) is 0.487. The zero-order chi connectivity index (χ0) is 18.0. The van der Waals surface area contributed by atoms with Crippen LogP contribution in [0, 0.1) is 0 Å². The van der Waals surface area contributed by atoms with Crippen molar-refractivity contribution < 1.29 is 9.84 Å². The van der Waals surface area contributed by atoms with Gasteiger partial charge in [-0.05, 0) is 31.6 Å². The van der Waals surface area contributed by atoms with E-state index in [1.165, 1.54) is 0 Å². The third-order valence-corrected chi connectivity index (χ3v) is 6.12. The molecule has 1 fully saturated rings. The standard InChI is InChI=1S/C19H31N3O2S/c1-3-20-18(22-15-19(25-2)9-11-24-12-10-19)21-13-17(14-23)16-7-5-4-6-8-16/h4-8,17,23H,3,9-15H2,1-2H3,(H2,20,21,22). The molecule has 1 saturated heterocycles. The Bertz CT molecular complexity index is 519. The number of aliphatic imine (C=N–C) groups is 1. The Morgan fingerprint density at radius 2 is 2.00 bits per heavy atom. The van der Waals surface area contributed by atoms with Gasteiger partial charge < -0.3 is 20.5 Å². The third kappa shape index (κ3) is 6.20. The van der Waals surface area contributed by atoms with Gasteiger partial charge in [0, 0.05) is 37.0 Å². The van der Waals surface area contributed by atoms with Crippen LogP contribution in [0.4, 0.5) is 0 Å². The van der Waals surface area contributed by atoms with Crippen LogP contribution in [0.3, 0.4) is 0 Å². The molecule has 1 heterocycles. The molecule has 1 aliphatic rings. The van der Waals surface area contributed by atoms with Gasteiger partial charge in [0.15, 0.2) is 5.96 Å². The van der Waals surface area contributed by atoms with Gasteiger partial charge in [-0.2, -0.15) is 11.8 Å². The van der Waals surface area contributed by atoms with Crippen molar-refractivity contribution in [2.24, 2.45) is 4.99 Å². The first-order valence-electron chi connectivity index (χ1n) is 9.04. The van der Waals surface area contributed by atoms with E-state index in [9.17, 15) is 5.11 Å². The van der Waals surface area contributed by atoms with Crippen LogP contribution < -0.4 is 10.6 Å². The summed E-state index contributed by atoms with van der Waals surface area (Å²) in [6.45, 7) is 6.07. The first-order chi connectivity index (χ1) is 12.2. The molecule has 0 aromatic heterocycles. The molecule has 3 N–H and O–H groups in total. The van der Waals surface area contributed by atoms with Crippen LogP contribution in [-0.4, -0.2) is 61.5 Å². The molecular weight excluding hydrogens is 334 g/mol. The fraction of sp³-hybridized carbons (Fsp3) is 0.632. The number of hydrogen-bond donors (Lipinski definition) is 3. The highest BCUT2D eigenvalue weighted by Crippen LogP contribution is 2.33. The molecule has 0 amide bonds. The molecule has 0 saturated carbocycles. The number of nitrogens with one attached hydrogen (secondary N) is 2. The lowest BCUT2D eigenvalue weighted by Crippen LogP contribution is -2.42. The maximum atomic E-state index is 9.72. The van der Waals surface area contributed by atoms with Crippen LogP contribution >= 0.6 is 11.8 Å². The summed E-state index contributed by atoms with van der Waals surface area (Å²) in [4.78, 5) is 4.82. The number of guanidine groups is 1. The Hall–Kier alpha value is -1.24. The summed E-state index contributed by atoms with van der Waals surface area (Å²) in [5.74, 6) is 0.874. The number of nitrogens with zero attached hydrogens (tertiary/aromatic N) is 1. The van der Waals surface area contributed by atoms with Crippen LogP contribution in [0.5, 0.6) is 0 Å². The molecule has 1 aliphatic heterocycles. The summed E-state index contributed by atoms with van der Waals surface area (Å²) >= 11 is 1.90. The van der Waals surface area contributed by atoms with Gasteiger partial charge in [-0.1, -0.05) is 30.3 Å². The maximum absolute atomic E-state index is 9.72. The Morgan fingerprint density at radius 1 is 1.28 bits per heavy atom. The van der Waals surface area contributed by atoms with Crippen molar-refractivity contribution in [3.8, 4) is 0 Å². The average molecular weight is 366 g/mol. The van der Waals surface area contributed by atoms with Gasteiger partial charge in [0.2, 0.25) is 0 Å². The first kappa shape index (κ1) is 20.1. The van der Waals surface area contributed by atoms with E-state index in [-0.39, 0.29) is 17.3 Å². The highest BCUT2D eigenvalue weighted by Gasteiger charge is 2.31. The second kappa shape index (κ2) is 10.7. The Labute approximate surface area is 155 Å². The molecule has 1 aromatic carbocycles. The minimum atomic E-state index is 0.0580. The van der Waals surface area contributed by atoms with E-state index >= 15 is 0 Å². The zero-order valence-electron chi connectivity index (χ0n) is 15.3. The van der Waals surface area contributed by atoms with Crippen LogP contribution in [0.25, 0.3) is 0 Å². The summed E-state index contributed by atoms with van der Waals surface area (Å²) in [5, 5.41) is 16.4. The van der Waals surface area contributed by atoms with Gasteiger partial charge in [-0.3, -0.25) is 4.99 Å². The Balaban J connectivity index is 1.96. The number of aliphatic hydroxyl groups is 1. The molecule has 1 atom stereocenters. The normalized spacial score (nSPS) is 18.6. The summed E-state index contributed by atoms with van der Waals surface area (Å²) in [6, 6.07) is 10.1. The lowest BCUT2D eigenvalue weighted by atomic mass is 9.99. The van der Waals surface area contributed by atoms with Crippen LogP contribution in [0.2, 0.25) is 0 Å². The van der Waals surface area contributed by atoms with Crippen LogP contribution in [0.15, 0.2) is 35.3 Å². The molecule has 1 unspecified atom stereocenters. The van der Waals surface area contributed by atoms with Crippen LogP contribution in [-0.2, 0) is 4.74 Å². The van der Waals surface area contributed by atoms with Gasteiger partial charge >= 0.3 is 0 Å². The van der Waals surface area contributed by atoms with Gasteiger partial charge in [-0.25, -0.2) is 0 Å². The lowest BCUT2D eigenvalue weighted by Gasteiger charge is -2.34. The van der Waals surface area contributed by atoms with Gasteiger partial charge in [0.1, 0.15) is 0 Å². The lowest BCUT2D eigenvalue weighted by molar-refractivity contribution is 0.0794. The molecule has 1 aromatic rings. The molecule has 0 aliphatic carbocycles. The monoisotopic (exact) mass is 365 g/mol. The number of ether oxygens (including phenoxy) is 1. The molecule has 25 heavy (non-hydrogen) atoms. The smallest absolute Gasteiger partial charge is 0.191 e. The van der Waals surface area contributed by atoms with Gasteiger partial charge in [0.25, 0.3) is 0 Å². The van der Waals surface area contributed by atoms with Crippen molar-refractivity contribution in [1.29, 1.82) is 0 Å². The first-order valence-corrected chi connectivity index (χ1v) is 10.3. The van der Waals surface area contributed by atoms with Crippen molar-refractivity contribution >= 4 is 17.7 Å². The van der Waals surface area contributed by atoms with E-state index < -0.39 is 0 Å². The highest BCUT2D eigenvalue weighted by atomic mass is 32.2. The highest BCUT2D eigenvalue weighted by molar-refractivity contribution is 8.00. The predicted octanol–water partition coefficient (Wildman–Crippen LogP) is 2.23. The summed E-state index contributed by atoms with van der Waals surface area (Å²) in [7, 11) is 0. The fourth-order valence-electron chi connectivity index (χ4n) is 2.97. The molecule has 2 rings (SSSR count). The van der Waals surface area contributed by atoms with E-state index in [0.29, 0.717) is 6.54 Å². The average Bonchev–Trinajstić information content (AvgIpc) is 2.68. The topological polar surface area (TPSA) is 65.9 Å². The third-order valence-electron chi connectivity index (χ3n) is 4.71. The maximum Gasteiger partial charge on any atom is 0.191 e. The van der Waals surface area contributed by atoms with Gasteiger partial charge in [0.05, 0.1) is 13.2 Å². The molecule has 0 bridgehead atoms. The van der Waals surface area contributed by atoms with E-state index in [4.69, 9.17) is 9.73 Å². The van der Waals surface area contributed by atoms with Crippen molar-refractivity contribution in [1.82, 2.24) is 10.6 Å². The van der Waals surface area contributed by atoms with Crippen molar-refractivity contribution in [3.05, 3.63) is 35.9 Å². The summed E-state index contributed by atoms with van der Waals surface area (Å²) < 4.78 is 5.68. The van der Waals surface area contributed by atoms with Gasteiger partial charge in [-0.15, -0.1) is 0 Å². The fourth-order valence-corrected chi connectivity index (χ4v) is 3.74. The van der Waals surface area contributed by atoms with E-state index in [1.54, 1.807) is 0 Å². The van der Waals surface area contributed by atoms with Crippen molar-refractivity contribution in [3.63, 3.8) is 0 Å². The van der Waals surface area contributed by atoms with Crippen LogP contribution in [0.1, 0.15) is 31.2 Å². The van der Waals surface area contributed by atoms with E-state index in [1.807, 2.05) is 30.0 Å². The summed E-state index contributed by atoms with van der Waals surface area (Å²) in [5.41, 5.74) is 1.14. The number of rotatable bonds is 8. The molecule has 6 heteroatoms. The SMILES string of the molecule is CCNC(=NCC1(SC)CCOCC1)NCC(CO)c1ccccc1.